The third kappa shape index (κ3) is 1.18. The van der Waals surface area contributed by atoms with E-state index in [0.29, 0.717) is 0 Å². The Morgan fingerprint density at radius 3 is 3.10 bits per heavy atom. The van der Waals surface area contributed by atoms with Gasteiger partial charge in [0.25, 0.3) is 0 Å². The van der Waals surface area contributed by atoms with Crippen LogP contribution < -0.4 is 0 Å². The van der Waals surface area contributed by atoms with Crippen molar-refractivity contribution in [1.82, 2.24) is 0 Å². The molecule has 0 amide bonds. The van der Waals surface area contributed by atoms with Crippen LogP contribution in [0.2, 0.25) is 0 Å². The molecule has 1 heterocycles. The minimum absolute atomic E-state index is 0.994. The van der Waals surface area contributed by atoms with Gasteiger partial charge in [-0.3, -0.25) is 0 Å². The van der Waals surface area contributed by atoms with Gasteiger partial charge >= 0.3 is 0 Å². The lowest BCUT2D eigenvalue weighted by Gasteiger charge is -2.11. The second-order valence-electron chi connectivity index (χ2n) is 2.10. The van der Waals surface area contributed by atoms with Crippen LogP contribution in [0.25, 0.3) is 0 Å². The summed E-state index contributed by atoms with van der Waals surface area (Å²) >= 11 is 0. The van der Waals surface area contributed by atoms with E-state index in [1.165, 1.54) is 10.5 Å². The summed E-state index contributed by atoms with van der Waals surface area (Å²) in [7, 11) is 3.50. The predicted molar refractivity (Wildman–Crippen MR) is 46.8 cm³/mol. The Labute approximate surface area is 68.8 Å². The van der Waals surface area contributed by atoms with E-state index in [4.69, 9.17) is 0 Å². The molecular formula is C8H6S2. The zero-order chi connectivity index (χ0) is 6.81. The Morgan fingerprint density at radius 1 is 1.30 bits per heavy atom. The van der Waals surface area contributed by atoms with Crippen molar-refractivity contribution >= 4 is 21.6 Å². The molecule has 0 saturated heterocycles. The maximum atomic E-state index is 3.22. The monoisotopic (exact) mass is 166 g/mol. The molecule has 10 heavy (non-hydrogen) atoms. The van der Waals surface area contributed by atoms with Crippen molar-refractivity contribution in [3.63, 3.8) is 0 Å². The van der Waals surface area contributed by atoms with Crippen LogP contribution in [0.4, 0.5) is 0 Å². The molecule has 0 bridgehead atoms. The first-order chi connectivity index (χ1) is 4.97. The van der Waals surface area contributed by atoms with Crippen molar-refractivity contribution in [2.45, 2.75) is 11.3 Å². The fourth-order valence-electron chi connectivity index (χ4n) is 0.913. The predicted octanol–water partition coefficient (Wildman–Crippen LogP) is 3.02. The summed E-state index contributed by atoms with van der Waals surface area (Å²) in [6.07, 6.45) is 0.994. The maximum absolute atomic E-state index is 3.22. The summed E-state index contributed by atoms with van der Waals surface area (Å²) in [4.78, 5) is 1.39. The fourth-order valence-corrected chi connectivity index (χ4v) is 2.77. The topological polar surface area (TPSA) is 0 Å². The SMILES string of the molecule is [C]1Cc2ccccc2SS1. The Kier molecular flexibility index (Phi) is 1.91. The van der Waals surface area contributed by atoms with Crippen LogP contribution in [0.5, 0.6) is 0 Å². The maximum Gasteiger partial charge on any atom is 0.0652 e. The molecule has 0 spiro atoms. The Bertz CT molecular complexity index is 207. The number of fused-ring (bicyclic) bond motifs is 1. The molecule has 0 N–H and O–H groups in total. The Morgan fingerprint density at radius 2 is 2.20 bits per heavy atom. The van der Waals surface area contributed by atoms with Crippen LogP contribution >= 0.6 is 21.6 Å². The van der Waals surface area contributed by atoms with Gasteiger partial charge in [-0.1, -0.05) is 39.8 Å². The van der Waals surface area contributed by atoms with E-state index in [2.05, 4.69) is 30.0 Å². The first-order valence-corrected chi connectivity index (χ1v) is 5.26. The molecule has 1 aliphatic heterocycles. The van der Waals surface area contributed by atoms with Crippen molar-refractivity contribution in [3.8, 4) is 0 Å². The van der Waals surface area contributed by atoms with Crippen LogP contribution in [0.15, 0.2) is 29.2 Å². The van der Waals surface area contributed by atoms with Gasteiger partial charge in [-0.15, -0.1) is 0 Å². The van der Waals surface area contributed by atoms with Gasteiger partial charge in [0.2, 0.25) is 0 Å². The minimum atomic E-state index is 0.994. The smallest absolute Gasteiger partial charge is 0.0652 e. The van der Waals surface area contributed by atoms with Crippen LogP contribution in [0.3, 0.4) is 0 Å². The quantitative estimate of drug-likeness (QED) is 0.543. The molecule has 2 heteroatoms. The van der Waals surface area contributed by atoms with E-state index in [0.717, 1.165) is 6.42 Å². The van der Waals surface area contributed by atoms with Gasteiger partial charge in [-0.05, 0) is 18.1 Å². The van der Waals surface area contributed by atoms with Crippen LogP contribution in [0.1, 0.15) is 5.56 Å². The van der Waals surface area contributed by atoms with Crippen LogP contribution in [-0.4, -0.2) is 0 Å². The highest BCUT2D eigenvalue weighted by Gasteiger charge is 2.08. The van der Waals surface area contributed by atoms with E-state index >= 15 is 0 Å². The number of hydrogen-bond acceptors (Lipinski definition) is 2. The molecule has 2 radical (unpaired) electrons. The minimum Gasteiger partial charge on any atom is -0.0786 e. The van der Waals surface area contributed by atoms with Gasteiger partial charge in [-0.25, -0.2) is 0 Å². The summed E-state index contributed by atoms with van der Waals surface area (Å²) in [6.45, 7) is 0. The van der Waals surface area contributed by atoms with Crippen molar-refractivity contribution < 1.29 is 0 Å². The van der Waals surface area contributed by atoms with E-state index in [-0.39, 0.29) is 0 Å². The van der Waals surface area contributed by atoms with Gasteiger partial charge in [0, 0.05) is 4.90 Å². The summed E-state index contributed by atoms with van der Waals surface area (Å²) in [5.74, 6) is 3.22. The second kappa shape index (κ2) is 2.89. The van der Waals surface area contributed by atoms with Crippen LogP contribution in [-0.2, 0) is 6.42 Å². The lowest BCUT2D eigenvalue weighted by Crippen LogP contribution is -1.89. The molecule has 0 unspecified atom stereocenters. The molecule has 0 atom stereocenters. The van der Waals surface area contributed by atoms with Gasteiger partial charge in [0.1, 0.15) is 0 Å². The van der Waals surface area contributed by atoms with Crippen LogP contribution in [0, 0.1) is 5.75 Å². The molecule has 0 saturated carbocycles. The number of benzene rings is 1. The van der Waals surface area contributed by atoms with E-state index < -0.39 is 0 Å². The highest BCUT2D eigenvalue weighted by atomic mass is 33.1. The molecule has 0 aromatic heterocycles. The molecule has 0 nitrogen and oxygen atoms in total. The van der Waals surface area contributed by atoms with E-state index in [1.54, 1.807) is 21.6 Å². The normalized spacial score (nSPS) is 16.4. The van der Waals surface area contributed by atoms with Crippen molar-refractivity contribution in [2.75, 3.05) is 0 Å². The third-order valence-corrected chi connectivity index (χ3v) is 3.49. The van der Waals surface area contributed by atoms with Crippen molar-refractivity contribution in [2.24, 2.45) is 0 Å². The molecule has 50 valence electrons. The lowest BCUT2D eigenvalue weighted by atomic mass is 10.2. The zero-order valence-electron chi connectivity index (χ0n) is 5.33. The highest BCUT2D eigenvalue weighted by Crippen LogP contribution is 2.40. The lowest BCUT2D eigenvalue weighted by molar-refractivity contribution is 1.16. The summed E-state index contributed by atoms with van der Waals surface area (Å²) in [5.41, 5.74) is 1.41. The largest absolute Gasteiger partial charge is 0.0786 e. The van der Waals surface area contributed by atoms with Crippen molar-refractivity contribution in [3.05, 3.63) is 35.6 Å². The highest BCUT2D eigenvalue weighted by molar-refractivity contribution is 8.77. The number of hydrogen-bond donors (Lipinski definition) is 0. The Balaban J connectivity index is 2.41. The van der Waals surface area contributed by atoms with E-state index in [1.807, 2.05) is 0 Å². The second-order valence-corrected chi connectivity index (χ2v) is 4.16. The number of rotatable bonds is 0. The van der Waals surface area contributed by atoms with Gasteiger partial charge < -0.3 is 0 Å². The summed E-state index contributed by atoms with van der Waals surface area (Å²) in [5, 5.41) is 0. The molecular weight excluding hydrogens is 160 g/mol. The fraction of sp³-hybridized carbons (Fsp3) is 0.125. The van der Waals surface area contributed by atoms with Gasteiger partial charge in [0.05, 0.1) is 5.75 Å². The third-order valence-electron chi connectivity index (χ3n) is 1.43. The van der Waals surface area contributed by atoms with E-state index in [9.17, 15) is 0 Å². The van der Waals surface area contributed by atoms with Gasteiger partial charge in [-0.2, -0.15) is 0 Å². The first-order valence-electron chi connectivity index (χ1n) is 3.11. The molecule has 0 fully saturated rings. The molecule has 1 aromatic carbocycles. The molecule has 1 aromatic rings. The molecule has 2 rings (SSSR count). The average molecular weight is 166 g/mol. The molecule has 0 aliphatic carbocycles. The Hall–Kier alpha value is -0.0800. The standard InChI is InChI=1S/C8H6S2/c1-2-4-8-7(3-1)5-6-9-10-8/h1-4H,5H2. The average Bonchev–Trinajstić information content (AvgIpc) is 2.05. The summed E-state index contributed by atoms with van der Waals surface area (Å²) in [6, 6.07) is 8.48. The first kappa shape index (κ1) is 6.62. The molecule has 1 aliphatic rings. The van der Waals surface area contributed by atoms with Gasteiger partial charge in [0.15, 0.2) is 0 Å². The van der Waals surface area contributed by atoms with Crippen molar-refractivity contribution in [1.29, 1.82) is 0 Å². The zero-order valence-corrected chi connectivity index (χ0v) is 6.97. The summed E-state index contributed by atoms with van der Waals surface area (Å²) < 4.78 is 0.